The molecule has 0 aliphatic carbocycles. The predicted octanol–water partition coefficient (Wildman–Crippen LogP) is 14.3. The van der Waals surface area contributed by atoms with E-state index in [1.807, 2.05) is 0 Å². The largest absolute Gasteiger partial charge is 0.466 e. The highest BCUT2D eigenvalue weighted by Crippen LogP contribution is 2.15. The Balaban J connectivity index is 3.49. The summed E-state index contributed by atoms with van der Waals surface area (Å²) in [6.45, 7) is 4.84. The Bertz CT molecular complexity index is 874. The second-order valence-electron chi connectivity index (χ2n) is 16.8. The number of carbonyl (C=O) groups excluding carboxylic acids is 2. The van der Waals surface area contributed by atoms with Crippen molar-refractivity contribution in [3.05, 3.63) is 24.3 Å². The lowest BCUT2D eigenvalue weighted by Crippen LogP contribution is -2.45. The fraction of sp³-hybridized carbons (Fsp3) is 0.880. The van der Waals surface area contributed by atoms with E-state index in [9.17, 15) is 19.8 Å². The first-order valence-electron chi connectivity index (χ1n) is 24.6. The van der Waals surface area contributed by atoms with Crippen LogP contribution in [0.5, 0.6) is 0 Å². The minimum absolute atomic E-state index is 0.0376. The van der Waals surface area contributed by atoms with Crippen LogP contribution in [0, 0.1) is 0 Å². The number of aliphatic hydroxyl groups excluding tert-OH is 2. The topological polar surface area (TPSA) is 95.9 Å². The third-order valence-electron chi connectivity index (χ3n) is 11.2. The van der Waals surface area contributed by atoms with Gasteiger partial charge in [-0.25, -0.2) is 0 Å². The molecule has 3 N–H and O–H groups in total. The van der Waals surface area contributed by atoms with Gasteiger partial charge in [-0.3, -0.25) is 9.59 Å². The van der Waals surface area contributed by atoms with Crippen molar-refractivity contribution in [2.75, 3.05) is 13.2 Å². The van der Waals surface area contributed by atoms with Crippen molar-refractivity contribution in [2.24, 2.45) is 0 Å². The fourth-order valence-electron chi connectivity index (χ4n) is 7.39. The van der Waals surface area contributed by atoms with E-state index in [4.69, 9.17) is 4.74 Å². The van der Waals surface area contributed by atoms with Gasteiger partial charge >= 0.3 is 5.97 Å². The number of amides is 1. The number of unbranched alkanes of at least 4 members (excludes halogenated alkanes) is 30. The molecule has 6 nitrogen and oxygen atoms in total. The number of aliphatic hydroxyl groups is 2. The van der Waals surface area contributed by atoms with Crippen LogP contribution in [0.1, 0.15) is 258 Å². The Morgan fingerprint density at radius 1 is 0.482 bits per heavy atom. The van der Waals surface area contributed by atoms with Crippen LogP contribution < -0.4 is 5.32 Å². The molecular weight excluding hydrogens is 695 g/mol. The highest BCUT2D eigenvalue weighted by molar-refractivity contribution is 5.76. The van der Waals surface area contributed by atoms with Crippen molar-refractivity contribution in [1.29, 1.82) is 0 Å². The van der Waals surface area contributed by atoms with E-state index in [0.717, 1.165) is 77.0 Å². The molecule has 2 unspecified atom stereocenters. The van der Waals surface area contributed by atoms with Crippen molar-refractivity contribution in [1.82, 2.24) is 5.32 Å². The predicted molar refractivity (Wildman–Crippen MR) is 241 cm³/mol. The van der Waals surface area contributed by atoms with Gasteiger partial charge in [0.25, 0.3) is 0 Å². The fourth-order valence-corrected chi connectivity index (χ4v) is 7.39. The molecular formula is C50H95NO5. The Hall–Kier alpha value is -1.66. The number of allylic oxidation sites excluding steroid dienone is 4. The van der Waals surface area contributed by atoms with E-state index >= 15 is 0 Å². The molecule has 0 rings (SSSR count). The summed E-state index contributed by atoms with van der Waals surface area (Å²) in [5.74, 6) is -0.111. The summed E-state index contributed by atoms with van der Waals surface area (Å²) in [7, 11) is 0. The van der Waals surface area contributed by atoms with E-state index in [1.165, 1.54) is 148 Å². The zero-order valence-corrected chi connectivity index (χ0v) is 37.4. The third-order valence-corrected chi connectivity index (χ3v) is 11.2. The van der Waals surface area contributed by atoms with Gasteiger partial charge in [-0.15, -0.1) is 0 Å². The normalized spacial score (nSPS) is 12.9. The first kappa shape index (κ1) is 54.3. The molecule has 0 saturated carbocycles. The molecule has 56 heavy (non-hydrogen) atoms. The molecule has 0 aromatic rings. The van der Waals surface area contributed by atoms with Crippen LogP contribution in [0.2, 0.25) is 0 Å². The molecule has 6 heteroatoms. The molecule has 0 fully saturated rings. The maximum absolute atomic E-state index is 12.4. The number of nitrogens with one attached hydrogen (secondary N) is 1. The Morgan fingerprint density at radius 3 is 1.27 bits per heavy atom. The van der Waals surface area contributed by atoms with E-state index in [0.29, 0.717) is 25.9 Å². The number of ether oxygens (including phenoxy) is 1. The Labute approximate surface area is 348 Å². The summed E-state index contributed by atoms with van der Waals surface area (Å²) >= 11 is 0. The molecule has 330 valence electrons. The lowest BCUT2D eigenvalue weighted by molar-refractivity contribution is -0.143. The number of hydrogen-bond donors (Lipinski definition) is 3. The molecule has 2 atom stereocenters. The smallest absolute Gasteiger partial charge is 0.305 e. The number of rotatable bonds is 45. The van der Waals surface area contributed by atoms with Gasteiger partial charge < -0.3 is 20.3 Å². The molecule has 1 amide bonds. The van der Waals surface area contributed by atoms with Gasteiger partial charge in [0.1, 0.15) is 0 Å². The van der Waals surface area contributed by atoms with Crippen molar-refractivity contribution >= 4 is 11.9 Å². The van der Waals surface area contributed by atoms with E-state index in [1.54, 1.807) is 0 Å². The highest BCUT2D eigenvalue weighted by Gasteiger charge is 2.20. The SMILES string of the molecule is CCCCCCCC/C=C\CCCCCCCCCCCC(=O)OCCCC/C=C\CCCCCCC(=O)NC(CO)C(O)CCCCCCCCCCCC. The molecule has 0 heterocycles. The van der Waals surface area contributed by atoms with E-state index in [2.05, 4.69) is 43.5 Å². The molecule has 0 aliphatic rings. The van der Waals surface area contributed by atoms with Crippen LogP contribution in [0.15, 0.2) is 24.3 Å². The lowest BCUT2D eigenvalue weighted by atomic mass is 10.0. The number of carbonyl (C=O) groups is 2. The third kappa shape index (κ3) is 42.0. The van der Waals surface area contributed by atoms with Gasteiger partial charge in [-0.2, -0.15) is 0 Å². The van der Waals surface area contributed by atoms with Gasteiger partial charge in [0.15, 0.2) is 0 Å². The van der Waals surface area contributed by atoms with Crippen LogP contribution in [0.3, 0.4) is 0 Å². The first-order chi connectivity index (χ1) is 27.5. The molecule has 0 aromatic heterocycles. The maximum atomic E-state index is 12.4. The summed E-state index contributed by atoms with van der Waals surface area (Å²) in [6.07, 6.45) is 52.9. The van der Waals surface area contributed by atoms with Gasteiger partial charge in [-0.1, -0.05) is 192 Å². The molecule has 0 bridgehead atoms. The zero-order valence-electron chi connectivity index (χ0n) is 37.4. The van der Waals surface area contributed by atoms with Crippen LogP contribution in [-0.2, 0) is 14.3 Å². The standard InChI is InChI=1S/C50H95NO5/c1-3-5-7-9-11-13-15-16-17-18-19-20-21-22-23-28-32-36-40-44-50(55)56-45-41-37-33-29-25-24-27-31-35-39-43-49(54)51-47(46-52)48(53)42-38-34-30-26-14-12-10-8-6-4-2/h16-17,25,29,47-48,52-53H,3-15,18-24,26-28,30-46H2,1-2H3,(H,51,54)/b17-16-,29-25-. The van der Waals surface area contributed by atoms with Crippen LogP contribution in [0.4, 0.5) is 0 Å². The van der Waals surface area contributed by atoms with Gasteiger partial charge in [0, 0.05) is 12.8 Å². The summed E-state index contributed by atoms with van der Waals surface area (Å²) in [6, 6.07) is -0.565. The average molecular weight is 790 g/mol. The molecule has 0 aromatic carbocycles. The summed E-state index contributed by atoms with van der Waals surface area (Å²) < 4.78 is 5.44. The lowest BCUT2D eigenvalue weighted by Gasteiger charge is -2.22. The average Bonchev–Trinajstić information content (AvgIpc) is 3.20. The number of esters is 1. The summed E-state index contributed by atoms with van der Waals surface area (Å²) in [5, 5.41) is 23.0. The Morgan fingerprint density at radius 2 is 0.839 bits per heavy atom. The minimum Gasteiger partial charge on any atom is -0.466 e. The quantitative estimate of drug-likeness (QED) is 0.0324. The molecule has 0 aliphatic heterocycles. The summed E-state index contributed by atoms with van der Waals surface area (Å²) in [4.78, 5) is 24.4. The van der Waals surface area contributed by atoms with Crippen LogP contribution >= 0.6 is 0 Å². The van der Waals surface area contributed by atoms with Crippen molar-refractivity contribution in [2.45, 2.75) is 270 Å². The summed E-state index contributed by atoms with van der Waals surface area (Å²) in [5.41, 5.74) is 0. The van der Waals surface area contributed by atoms with Crippen LogP contribution in [-0.4, -0.2) is 47.4 Å². The van der Waals surface area contributed by atoms with Crippen molar-refractivity contribution in [3.63, 3.8) is 0 Å². The van der Waals surface area contributed by atoms with Gasteiger partial charge in [-0.05, 0) is 77.0 Å². The maximum Gasteiger partial charge on any atom is 0.305 e. The molecule has 0 spiro atoms. The molecule has 0 radical (unpaired) electrons. The monoisotopic (exact) mass is 790 g/mol. The second-order valence-corrected chi connectivity index (χ2v) is 16.8. The minimum atomic E-state index is -0.684. The van der Waals surface area contributed by atoms with Gasteiger partial charge in [0.2, 0.25) is 5.91 Å². The number of hydrogen-bond acceptors (Lipinski definition) is 5. The first-order valence-corrected chi connectivity index (χ1v) is 24.6. The van der Waals surface area contributed by atoms with E-state index < -0.39 is 12.1 Å². The van der Waals surface area contributed by atoms with Crippen LogP contribution in [0.25, 0.3) is 0 Å². The second kappa shape index (κ2) is 46.0. The zero-order chi connectivity index (χ0) is 40.8. The highest BCUT2D eigenvalue weighted by atomic mass is 16.5. The molecule has 0 saturated heterocycles. The van der Waals surface area contributed by atoms with Crippen molar-refractivity contribution in [3.8, 4) is 0 Å². The van der Waals surface area contributed by atoms with Crippen molar-refractivity contribution < 1.29 is 24.5 Å². The Kier molecular flexibility index (Phi) is 44.7. The van der Waals surface area contributed by atoms with E-state index in [-0.39, 0.29) is 18.5 Å². The van der Waals surface area contributed by atoms with Gasteiger partial charge in [0.05, 0.1) is 25.4 Å².